The number of anilines is 2. The van der Waals surface area contributed by atoms with Gasteiger partial charge in [0.05, 0.1) is 12.1 Å². The molecule has 0 fully saturated rings. The first kappa shape index (κ1) is 17.6. The number of carbonyl (C=O) groups excluding carboxylic acids is 1. The summed E-state index contributed by atoms with van der Waals surface area (Å²) in [7, 11) is 0. The molecule has 0 aliphatic heterocycles. The second-order valence-corrected chi connectivity index (χ2v) is 6.31. The van der Waals surface area contributed by atoms with Crippen molar-refractivity contribution in [3.63, 3.8) is 0 Å². The quantitative estimate of drug-likeness (QED) is 0.734. The molecule has 1 N–H and O–H groups in total. The third-order valence-electron chi connectivity index (χ3n) is 3.81. The Morgan fingerprint density at radius 2 is 1.54 bits per heavy atom. The number of hydrogen-bond acceptors (Lipinski definition) is 4. The lowest BCUT2D eigenvalue weighted by atomic mass is 10.2. The first-order chi connectivity index (χ1) is 12.6. The Hall–Kier alpha value is -3.21. The molecule has 2 aromatic carbocycles. The molecule has 0 unspecified atom stereocenters. The molecule has 1 heterocycles. The van der Waals surface area contributed by atoms with Gasteiger partial charge in [-0.2, -0.15) is 0 Å². The maximum Gasteiger partial charge on any atom is 0.254 e. The van der Waals surface area contributed by atoms with E-state index in [1.807, 2.05) is 67.3 Å². The number of rotatable bonds is 6. The number of para-hydroxylation sites is 1. The normalized spacial score (nSPS) is 10.6. The summed E-state index contributed by atoms with van der Waals surface area (Å²) in [4.78, 5) is 23.0. The van der Waals surface area contributed by atoms with Gasteiger partial charge in [0, 0.05) is 24.1 Å². The van der Waals surface area contributed by atoms with Crippen LogP contribution in [0, 0.1) is 0 Å². The van der Waals surface area contributed by atoms with E-state index in [0.29, 0.717) is 18.1 Å². The fourth-order valence-corrected chi connectivity index (χ4v) is 2.57. The standard InChI is InChI=1S/C21H22N4O/c1-16(2)24-20(26)18-13-22-21(23-14-18)25(19-11-7-4-8-12-19)15-17-9-5-3-6-10-17/h3-14,16H,15H2,1-2H3,(H,24,26). The maximum atomic E-state index is 12.1. The van der Waals surface area contributed by atoms with Gasteiger partial charge in [0.2, 0.25) is 5.95 Å². The predicted molar refractivity (Wildman–Crippen MR) is 103 cm³/mol. The van der Waals surface area contributed by atoms with Gasteiger partial charge < -0.3 is 10.2 Å². The van der Waals surface area contributed by atoms with Crippen molar-refractivity contribution in [3.05, 3.63) is 84.2 Å². The highest BCUT2D eigenvalue weighted by atomic mass is 16.1. The van der Waals surface area contributed by atoms with Crippen LogP contribution in [0.15, 0.2) is 73.1 Å². The highest BCUT2D eigenvalue weighted by molar-refractivity contribution is 5.93. The van der Waals surface area contributed by atoms with Gasteiger partial charge in [-0.3, -0.25) is 4.79 Å². The molecule has 1 amide bonds. The molecule has 0 saturated heterocycles. The van der Waals surface area contributed by atoms with E-state index in [1.54, 1.807) is 12.4 Å². The maximum absolute atomic E-state index is 12.1. The van der Waals surface area contributed by atoms with Crippen molar-refractivity contribution in [1.82, 2.24) is 15.3 Å². The fourth-order valence-electron chi connectivity index (χ4n) is 2.57. The van der Waals surface area contributed by atoms with Gasteiger partial charge in [0.15, 0.2) is 0 Å². The van der Waals surface area contributed by atoms with Gasteiger partial charge in [-0.1, -0.05) is 48.5 Å². The molecular weight excluding hydrogens is 324 g/mol. The van der Waals surface area contributed by atoms with Crippen molar-refractivity contribution in [1.29, 1.82) is 0 Å². The summed E-state index contributed by atoms with van der Waals surface area (Å²) in [5.74, 6) is 0.391. The minimum absolute atomic E-state index is 0.0704. The van der Waals surface area contributed by atoms with E-state index in [2.05, 4.69) is 27.4 Å². The van der Waals surface area contributed by atoms with E-state index in [0.717, 1.165) is 11.3 Å². The zero-order valence-corrected chi connectivity index (χ0v) is 15.0. The average Bonchev–Trinajstić information content (AvgIpc) is 2.67. The van der Waals surface area contributed by atoms with Crippen molar-refractivity contribution in [2.45, 2.75) is 26.4 Å². The molecular formula is C21H22N4O. The smallest absolute Gasteiger partial charge is 0.254 e. The van der Waals surface area contributed by atoms with Crippen LogP contribution in [0.1, 0.15) is 29.8 Å². The number of carbonyl (C=O) groups is 1. The Balaban J connectivity index is 1.88. The van der Waals surface area contributed by atoms with Crippen LogP contribution in [0.5, 0.6) is 0 Å². The van der Waals surface area contributed by atoms with E-state index in [9.17, 15) is 4.79 Å². The molecule has 0 atom stereocenters. The minimum atomic E-state index is -0.166. The molecule has 0 aliphatic carbocycles. The Morgan fingerprint density at radius 1 is 0.962 bits per heavy atom. The predicted octanol–water partition coefficient (Wildman–Crippen LogP) is 3.95. The van der Waals surface area contributed by atoms with Crippen molar-refractivity contribution < 1.29 is 4.79 Å². The lowest BCUT2D eigenvalue weighted by Gasteiger charge is -2.23. The lowest BCUT2D eigenvalue weighted by molar-refractivity contribution is 0.0942. The monoisotopic (exact) mass is 346 g/mol. The van der Waals surface area contributed by atoms with Gasteiger partial charge in [0.1, 0.15) is 0 Å². The van der Waals surface area contributed by atoms with Crippen molar-refractivity contribution in [3.8, 4) is 0 Å². The second-order valence-electron chi connectivity index (χ2n) is 6.31. The summed E-state index contributed by atoms with van der Waals surface area (Å²) in [6.45, 7) is 4.48. The van der Waals surface area contributed by atoms with E-state index in [1.165, 1.54) is 0 Å². The topological polar surface area (TPSA) is 58.1 Å². The summed E-state index contributed by atoms with van der Waals surface area (Å²) < 4.78 is 0. The van der Waals surface area contributed by atoms with Gasteiger partial charge in [-0.25, -0.2) is 9.97 Å². The van der Waals surface area contributed by atoms with Crippen LogP contribution in [0.3, 0.4) is 0 Å². The fraction of sp³-hybridized carbons (Fsp3) is 0.190. The Morgan fingerprint density at radius 3 is 2.12 bits per heavy atom. The molecule has 3 aromatic rings. The SMILES string of the molecule is CC(C)NC(=O)c1cnc(N(Cc2ccccc2)c2ccccc2)nc1. The molecule has 3 rings (SSSR count). The number of nitrogens with zero attached hydrogens (tertiary/aromatic N) is 3. The molecule has 0 spiro atoms. The first-order valence-electron chi connectivity index (χ1n) is 8.63. The zero-order valence-electron chi connectivity index (χ0n) is 15.0. The minimum Gasteiger partial charge on any atom is -0.350 e. The molecule has 1 aromatic heterocycles. The van der Waals surface area contributed by atoms with Crippen LogP contribution in [0.2, 0.25) is 0 Å². The van der Waals surface area contributed by atoms with E-state index >= 15 is 0 Å². The van der Waals surface area contributed by atoms with Gasteiger partial charge in [-0.05, 0) is 31.5 Å². The van der Waals surface area contributed by atoms with Crippen LogP contribution in [0.4, 0.5) is 11.6 Å². The summed E-state index contributed by atoms with van der Waals surface area (Å²) in [5, 5.41) is 2.85. The van der Waals surface area contributed by atoms with Crippen LogP contribution in [-0.4, -0.2) is 21.9 Å². The van der Waals surface area contributed by atoms with Crippen LogP contribution >= 0.6 is 0 Å². The van der Waals surface area contributed by atoms with E-state index in [4.69, 9.17) is 0 Å². The van der Waals surface area contributed by atoms with Gasteiger partial charge in [0.25, 0.3) is 5.91 Å². The van der Waals surface area contributed by atoms with Crippen molar-refractivity contribution in [2.75, 3.05) is 4.90 Å². The molecule has 5 nitrogen and oxygen atoms in total. The van der Waals surface area contributed by atoms with Crippen LogP contribution in [-0.2, 0) is 6.54 Å². The van der Waals surface area contributed by atoms with Crippen molar-refractivity contribution >= 4 is 17.5 Å². The summed E-state index contributed by atoms with van der Waals surface area (Å²) >= 11 is 0. The molecule has 0 aliphatic rings. The molecule has 132 valence electrons. The third kappa shape index (κ3) is 4.45. The number of nitrogens with one attached hydrogen (secondary N) is 1. The van der Waals surface area contributed by atoms with E-state index in [-0.39, 0.29) is 11.9 Å². The van der Waals surface area contributed by atoms with Gasteiger partial charge >= 0.3 is 0 Å². The first-order valence-corrected chi connectivity index (χ1v) is 8.63. The number of benzene rings is 2. The third-order valence-corrected chi connectivity index (χ3v) is 3.81. The molecule has 0 saturated carbocycles. The molecule has 0 bridgehead atoms. The Bertz CT molecular complexity index is 833. The van der Waals surface area contributed by atoms with Crippen molar-refractivity contribution in [2.24, 2.45) is 0 Å². The molecule has 0 radical (unpaired) electrons. The Kier molecular flexibility index (Phi) is 5.59. The molecule has 26 heavy (non-hydrogen) atoms. The van der Waals surface area contributed by atoms with Crippen LogP contribution < -0.4 is 10.2 Å². The summed E-state index contributed by atoms with van der Waals surface area (Å²) in [5.41, 5.74) is 2.60. The highest BCUT2D eigenvalue weighted by Crippen LogP contribution is 2.24. The lowest BCUT2D eigenvalue weighted by Crippen LogP contribution is -2.30. The number of aromatic nitrogens is 2. The summed E-state index contributed by atoms with van der Waals surface area (Å²) in [6, 6.07) is 20.2. The van der Waals surface area contributed by atoms with Gasteiger partial charge in [-0.15, -0.1) is 0 Å². The van der Waals surface area contributed by atoms with E-state index < -0.39 is 0 Å². The Labute approximate surface area is 153 Å². The largest absolute Gasteiger partial charge is 0.350 e. The average molecular weight is 346 g/mol. The summed E-state index contributed by atoms with van der Waals surface area (Å²) in [6.07, 6.45) is 3.14. The number of amides is 1. The molecule has 5 heteroatoms. The zero-order chi connectivity index (χ0) is 18.4. The highest BCUT2D eigenvalue weighted by Gasteiger charge is 2.14. The van der Waals surface area contributed by atoms with Crippen LogP contribution in [0.25, 0.3) is 0 Å². The second kappa shape index (κ2) is 8.25. The number of hydrogen-bond donors (Lipinski definition) is 1.